The van der Waals surface area contributed by atoms with Crippen molar-refractivity contribution in [2.75, 3.05) is 5.73 Å². The number of alkyl halides is 3. The van der Waals surface area contributed by atoms with Crippen LogP contribution >= 0.6 is 0 Å². The third kappa shape index (κ3) is 5.25. The maximum absolute atomic E-state index is 14.2. The molecule has 1 aliphatic heterocycles. The minimum atomic E-state index is -4.79. The highest BCUT2D eigenvalue weighted by molar-refractivity contribution is 5.77. The summed E-state index contributed by atoms with van der Waals surface area (Å²) < 4.78 is 73.7. The van der Waals surface area contributed by atoms with E-state index in [1.165, 1.54) is 24.3 Å². The Hall–Kier alpha value is -4.12. The molecule has 11 heteroatoms. The molecule has 1 aliphatic rings. The number of nitrogens with two attached hydrogens (primary N) is 1. The molecule has 4 rings (SSSR count). The molecule has 36 heavy (non-hydrogen) atoms. The van der Waals surface area contributed by atoms with Crippen molar-refractivity contribution < 1.29 is 26.7 Å². The Labute approximate surface area is 203 Å². The van der Waals surface area contributed by atoms with Gasteiger partial charge in [-0.2, -0.15) is 13.2 Å². The quantitative estimate of drug-likeness (QED) is 0.250. The molecule has 0 saturated carbocycles. The fourth-order valence-corrected chi connectivity index (χ4v) is 3.55. The van der Waals surface area contributed by atoms with E-state index in [0.717, 1.165) is 12.1 Å². The van der Waals surface area contributed by atoms with Gasteiger partial charge in [0.2, 0.25) is 5.82 Å². The molecule has 6 nitrogen and oxygen atoms in total. The highest BCUT2D eigenvalue weighted by Gasteiger charge is 2.42. The van der Waals surface area contributed by atoms with Crippen molar-refractivity contribution in [2.24, 2.45) is 0 Å². The van der Waals surface area contributed by atoms with Gasteiger partial charge in [0, 0.05) is 17.3 Å². The molecule has 186 valence electrons. The summed E-state index contributed by atoms with van der Waals surface area (Å²) in [6, 6.07) is 9.47. The second-order valence-corrected chi connectivity index (χ2v) is 7.70. The number of ether oxygens (including phenoxy) is 1. The third-order valence-electron chi connectivity index (χ3n) is 5.17. The van der Waals surface area contributed by atoms with Crippen molar-refractivity contribution in [3.63, 3.8) is 0 Å². The van der Waals surface area contributed by atoms with Gasteiger partial charge in [-0.1, -0.05) is 30.9 Å². The summed E-state index contributed by atoms with van der Waals surface area (Å²) in [5, 5.41) is 3.05. The number of hydrogen-bond acceptors (Lipinski definition) is 6. The Kier molecular flexibility index (Phi) is 6.84. The van der Waals surface area contributed by atoms with Crippen LogP contribution in [0.3, 0.4) is 0 Å². The molecule has 2 atom stereocenters. The van der Waals surface area contributed by atoms with Crippen molar-refractivity contribution in [3.8, 4) is 11.3 Å². The number of epoxide rings is 1. The zero-order valence-corrected chi connectivity index (χ0v) is 18.9. The minimum absolute atomic E-state index is 0.0670. The normalized spacial score (nSPS) is 18.2. The lowest BCUT2D eigenvalue weighted by molar-refractivity contribution is -0.144. The second-order valence-electron chi connectivity index (χ2n) is 7.70. The molecular weight excluding hydrogens is 481 g/mol. The molecule has 3 N–H and O–H groups in total. The van der Waals surface area contributed by atoms with Crippen LogP contribution < -0.4 is 11.1 Å². The molecule has 0 amide bonds. The Morgan fingerprint density at radius 1 is 1.08 bits per heavy atom. The lowest BCUT2D eigenvalue weighted by Gasteiger charge is -2.13. The van der Waals surface area contributed by atoms with Gasteiger partial charge in [-0.25, -0.2) is 23.7 Å². The topological polar surface area (TPSA) is 89.2 Å². The highest BCUT2D eigenvalue weighted by Crippen LogP contribution is 2.38. The lowest BCUT2D eigenvalue weighted by Crippen LogP contribution is -2.19. The number of rotatable bonds is 7. The predicted octanol–water partition coefficient (Wildman–Crippen LogP) is 5.58. The first kappa shape index (κ1) is 25.0. The second kappa shape index (κ2) is 9.86. The Bertz CT molecular complexity index is 1350. The van der Waals surface area contributed by atoms with Crippen LogP contribution in [0, 0.1) is 11.6 Å². The molecule has 0 bridgehead atoms. The van der Waals surface area contributed by atoms with Gasteiger partial charge in [-0.3, -0.25) is 0 Å². The summed E-state index contributed by atoms with van der Waals surface area (Å²) in [4.78, 5) is 11.2. The van der Waals surface area contributed by atoms with E-state index < -0.39 is 36.0 Å². The van der Waals surface area contributed by atoms with E-state index >= 15 is 0 Å². The number of anilines is 1. The molecule has 3 heterocycles. The molecule has 1 aromatic carbocycles. The molecule has 0 spiro atoms. The van der Waals surface area contributed by atoms with E-state index in [-0.39, 0.29) is 28.3 Å². The maximum Gasteiger partial charge on any atom is 0.451 e. The summed E-state index contributed by atoms with van der Waals surface area (Å²) in [5.41, 5.74) is 6.38. The minimum Gasteiger partial charge on any atom is -0.384 e. The Morgan fingerprint density at radius 3 is 2.42 bits per heavy atom. The maximum atomic E-state index is 14.2. The van der Waals surface area contributed by atoms with E-state index in [2.05, 4.69) is 26.8 Å². The Morgan fingerprint density at radius 2 is 1.78 bits per heavy atom. The van der Waals surface area contributed by atoms with Crippen LogP contribution in [0.15, 0.2) is 73.0 Å². The fourth-order valence-electron chi connectivity index (χ4n) is 3.55. The monoisotopic (exact) mass is 501 g/mol. The number of aromatic nitrogens is 3. The van der Waals surface area contributed by atoms with Gasteiger partial charge in [-0.15, -0.1) is 0 Å². The molecule has 0 radical (unpaired) electrons. The van der Waals surface area contributed by atoms with Gasteiger partial charge in [0.25, 0.3) is 0 Å². The van der Waals surface area contributed by atoms with E-state index in [1.807, 2.05) is 0 Å². The van der Waals surface area contributed by atoms with Crippen LogP contribution in [0.1, 0.15) is 30.2 Å². The standard InChI is InChI=1S/C25H20F5N5O/c1-3-7-13(19-12-20(31)35-24(34-19)25(28,29)30)16(4-2)33-23-22(36-23)18-11-6-10-17(32-18)21-14(26)8-5-9-15(21)27/h3-12,22-23,33H,2H2,1H3,(H2,31,34,35)/b7-3-,16-13-. The first-order chi connectivity index (χ1) is 17.1. The van der Waals surface area contributed by atoms with Crippen LogP contribution in [-0.4, -0.2) is 21.2 Å². The zero-order chi connectivity index (χ0) is 26.0. The number of nitrogens with one attached hydrogen (secondary N) is 1. The molecule has 1 fully saturated rings. The average Bonchev–Trinajstić information content (AvgIpc) is 3.60. The molecule has 0 aliphatic carbocycles. The van der Waals surface area contributed by atoms with Gasteiger partial charge in [0.15, 0.2) is 6.23 Å². The number of nitrogen functional groups attached to an aromatic ring is 1. The third-order valence-corrected chi connectivity index (χ3v) is 5.17. The van der Waals surface area contributed by atoms with Crippen molar-refractivity contribution >= 4 is 11.4 Å². The number of nitrogens with zero attached hydrogens (tertiary/aromatic N) is 3. The van der Waals surface area contributed by atoms with Crippen LogP contribution in [0.5, 0.6) is 0 Å². The van der Waals surface area contributed by atoms with Gasteiger partial charge in [0.1, 0.15) is 23.6 Å². The molecule has 2 unspecified atom stereocenters. The Balaban J connectivity index is 1.63. The highest BCUT2D eigenvalue weighted by atomic mass is 19.4. The lowest BCUT2D eigenvalue weighted by atomic mass is 10.1. The molecule has 2 aromatic heterocycles. The number of pyridine rings is 1. The average molecular weight is 501 g/mol. The summed E-state index contributed by atoms with van der Waals surface area (Å²) in [5.74, 6) is -3.22. The predicted molar refractivity (Wildman–Crippen MR) is 124 cm³/mol. The largest absolute Gasteiger partial charge is 0.451 e. The van der Waals surface area contributed by atoms with Crippen LogP contribution in [-0.2, 0) is 10.9 Å². The smallest absolute Gasteiger partial charge is 0.384 e. The van der Waals surface area contributed by atoms with Crippen LogP contribution in [0.25, 0.3) is 16.8 Å². The van der Waals surface area contributed by atoms with E-state index in [9.17, 15) is 22.0 Å². The first-order valence-electron chi connectivity index (χ1n) is 10.7. The van der Waals surface area contributed by atoms with Gasteiger partial charge in [0.05, 0.1) is 22.6 Å². The molecular formula is C25H20F5N5O. The van der Waals surface area contributed by atoms with Crippen molar-refractivity contribution in [1.29, 1.82) is 0 Å². The first-order valence-corrected chi connectivity index (χ1v) is 10.7. The van der Waals surface area contributed by atoms with Crippen molar-refractivity contribution in [1.82, 2.24) is 20.3 Å². The van der Waals surface area contributed by atoms with Crippen LogP contribution in [0.4, 0.5) is 27.8 Å². The summed E-state index contributed by atoms with van der Waals surface area (Å²) in [7, 11) is 0. The van der Waals surface area contributed by atoms with E-state index in [0.29, 0.717) is 11.4 Å². The number of benzene rings is 1. The van der Waals surface area contributed by atoms with Crippen molar-refractivity contribution in [2.45, 2.75) is 25.4 Å². The molecule has 3 aromatic rings. The van der Waals surface area contributed by atoms with Crippen LogP contribution in [0.2, 0.25) is 0 Å². The van der Waals surface area contributed by atoms with E-state index in [1.54, 1.807) is 31.2 Å². The van der Waals surface area contributed by atoms with Gasteiger partial charge >= 0.3 is 6.18 Å². The molecule has 1 saturated heterocycles. The van der Waals surface area contributed by atoms with Gasteiger partial charge in [-0.05, 0) is 37.3 Å². The van der Waals surface area contributed by atoms with Crippen molar-refractivity contribution in [3.05, 3.63) is 102 Å². The van der Waals surface area contributed by atoms with Gasteiger partial charge < -0.3 is 15.8 Å². The fraction of sp³-hybridized carbons (Fsp3) is 0.160. The SMILES string of the molecule is C=C/C(NC1OC1c1cccc(-c2c(F)cccc2F)n1)=C(\C=C/C)c1cc(N)nc(C(F)(F)F)n1. The number of hydrogen-bond donors (Lipinski definition) is 2. The summed E-state index contributed by atoms with van der Waals surface area (Å²) in [6.45, 7) is 5.41. The summed E-state index contributed by atoms with van der Waals surface area (Å²) in [6.07, 6.45) is -1.44. The number of halogens is 5. The zero-order valence-electron chi connectivity index (χ0n) is 18.9. The van der Waals surface area contributed by atoms with E-state index in [4.69, 9.17) is 10.5 Å². The number of allylic oxidation sites excluding steroid dienone is 4. The summed E-state index contributed by atoms with van der Waals surface area (Å²) >= 11 is 0.